The highest BCUT2D eigenvalue weighted by atomic mass is 32.2. The Morgan fingerprint density at radius 1 is 1.16 bits per heavy atom. The van der Waals surface area contributed by atoms with Crippen LogP contribution in [-0.2, 0) is 17.1 Å². The van der Waals surface area contributed by atoms with Crippen LogP contribution in [0.15, 0.2) is 41.4 Å². The van der Waals surface area contributed by atoms with E-state index in [1.54, 1.807) is 32.0 Å². The lowest BCUT2D eigenvalue weighted by Gasteiger charge is -2.33. The zero-order valence-corrected chi connectivity index (χ0v) is 18.4. The Morgan fingerprint density at radius 3 is 2.55 bits per heavy atom. The van der Waals surface area contributed by atoms with Crippen molar-refractivity contribution in [3.8, 4) is 17.0 Å². The van der Waals surface area contributed by atoms with Gasteiger partial charge in [0, 0.05) is 38.8 Å². The summed E-state index contributed by atoms with van der Waals surface area (Å²) in [7, 11) is -0.349. The molecule has 0 atom stereocenters. The second kappa shape index (κ2) is 8.16. The molecule has 3 heterocycles. The Morgan fingerprint density at radius 2 is 1.90 bits per heavy atom. The third-order valence-corrected chi connectivity index (χ3v) is 7.51. The van der Waals surface area contributed by atoms with Crippen LogP contribution in [0.4, 0.5) is 0 Å². The van der Waals surface area contributed by atoms with Gasteiger partial charge in [-0.05, 0) is 25.1 Å². The van der Waals surface area contributed by atoms with Crippen LogP contribution in [0, 0.1) is 6.92 Å². The molecule has 0 radical (unpaired) electrons. The molecule has 1 amide bonds. The van der Waals surface area contributed by atoms with Gasteiger partial charge in [-0.2, -0.15) is 14.5 Å². The Kier molecular flexibility index (Phi) is 5.54. The maximum atomic E-state index is 12.9. The molecular weight excluding hydrogens is 420 g/mol. The number of sulfonamides is 1. The van der Waals surface area contributed by atoms with Crippen molar-refractivity contribution < 1.29 is 17.9 Å². The maximum Gasteiger partial charge on any atom is 0.271 e. The number of amides is 1. The first-order valence-electron chi connectivity index (χ1n) is 9.79. The number of aromatic nitrogens is 4. The summed E-state index contributed by atoms with van der Waals surface area (Å²) in [5, 5.41) is 11.1. The number of aromatic amines is 1. The first-order valence-corrected chi connectivity index (χ1v) is 11.2. The van der Waals surface area contributed by atoms with E-state index in [2.05, 4.69) is 15.3 Å². The molecule has 3 aromatic rings. The molecule has 1 saturated heterocycles. The van der Waals surface area contributed by atoms with Crippen molar-refractivity contribution in [2.75, 3.05) is 33.3 Å². The minimum absolute atomic E-state index is 0.200. The van der Waals surface area contributed by atoms with E-state index in [1.165, 1.54) is 15.2 Å². The van der Waals surface area contributed by atoms with Crippen LogP contribution >= 0.6 is 0 Å². The van der Waals surface area contributed by atoms with Crippen LogP contribution in [0.25, 0.3) is 11.3 Å². The number of hydrogen-bond acceptors (Lipinski definition) is 6. The molecule has 0 spiro atoms. The Bertz CT molecular complexity index is 1210. The summed E-state index contributed by atoms with van der Waals surface area (Å²) < 4.78 is 34.0. The lowest BCUT2D eigenvalue weighted by molar-refractivity contribution is 0.0692. The van der Waals surface area contributed by atoms with Gasteiger partial charge >= 0.3 is 0 Å². The number of piperazine rings is 1. The van der Waals surface area contributed by atoms with E-state index in [0.29, 0.717) is 35.9 Å². The summed E-state index contributed by atoms with van der Waals surface area (Å²) in [6.07, 6.45) is 1.37. The standard InChI is InChI=1S/C20H24N6O4S/c1-14-19(13-21-24(14)2)31(28,29)26-9-7-25(8-10-26)20(27)18-12-17(22-23-18)15-5-4-6-16(11-15)30-3/h4-6,11-13H,7-10H2,1-3H3,(H,22,23). The normalized spacial score (nSPS) is 15.3. The third-order valence-electron chi connectivity index (χ3n) is 5.51. The lowest BCUT2D eigenvalue weighted by atomic mass is 10.1. The Balaban J connectivity index is 1.44. The molecule has 31 heavy (non-hydrogen) atoms. The van der Waals surface area contributed by atoms with Crippen molar-refractivity contribution in [2.24, 2.45) is 7.05 Å². The predicted molar refractivity (Wildman–Crippen MR) is 113 cm³/mol. The summed E-state index contributed by atoms with van der Waals surface area (Å²) in [5.74, 6) is 0.491. The number of ether oxygens (including phenoxy) is 1. The monoisotopic (exact) mass is 444 g/mol. The van der Waals surface area contributed by atoms with Gasteiger partial charge in [0.15, 0.2) is 0 Å². The molecule has 1 aliphatic heterocycles. The lowest BCUT2D eigenvalue weighted by Crippen LogP contribution is -2.50. The zero-order chi connectivity index (χ0) is 22.2. The first kappa shape index (κ1) is 21.1. The number of nitrogens with one attached hydrogen (secondary N) is 1. The number of carbonyl (C=O) groups is 1. The molecule has 0 saturated carbocycles. The van der Waals surface area contributed by atoms with E-state index < -0.39 is 10.0 Å². The van der Waals surface area contributed by atoms with Crippen molar-refractivity contribution in [1.82, 2.24) is 29.2 Å². The second-order valence-electron chi connectivity index (χ2n) is 7.31. The Hall–Kier alpha value is -3.18. The molecule has 164 valence electrons. The molecule has 0 unspecified atom stereocenters. The van der Waals surface area contributed by atoms with E-state index >= 15 is 0 Å². The van der Waals surface area contributed by atoms with Crippen LogP contribution in [0.1, 0.15) is 16.2 Å². The minimum Gasteiger partial charge on any atom is -0.497 e. The van der Waals surface area contributed by atoms with Crippen LogP contribution in [0.2, 0.25) is 0 Å². The van der Waals surface area contributed by atoms with E-state index in [0.717, 1.165) is 5.56 Å². The van der Waals surface area contributed by atoms with Crippen molar-refractivity contribution in [2.45, 2.75) is 11.8 Å². The summed E-state index contributed by atoms with van der Waals surface area (Å²) in [6.45, 7) is 2.76. The van der Waals surface area contributed by atoms with Gasteiger partial charge in [0.05, 0.1) is 24.7 Å². The summed E-state index contributed by atoms with van der Waals surface area (Å²) in [6, 6.07) is 9.11. The molecule has 0 bridgehead atoms. The van der Waals surface area contributed by atoms with Gasteiger partial charge < -0.3 is 9.64 Å². The van der Waals surface area contributed by atoms with Crippen LogP contribution in [0.3, 0.4) is 0 Å². The van der Waals surface area contributed by atoms with E-state index in [9.17, 15) is 13.2 Å². The summed E-state index contributed by atoms with van der Waals surface area (Å²) in [4.78, 5) is 14.7. The SMILES string of the molecule is COc1cccc(-c2cc(C(=O)N3CCN(S(=O)(=O)c4cnn(C)c4C)CC3)[nH]n2)c1. The number of benzene rings is 1. The van der Waals surface area contributed by atoms with E-state index in [1.807, 2.05) is 24.3 Å². The third kappa shape index (κ3) is 3.93. The zero-order valence-electron chi connectivity index (χ0n) is 17.6. The van der Waals surface area contributed by atoms with Gasteiger partial charge in [0.2, 0.25) is 10.0 Å². The van der Waals surface area contributed by atoms with Gasteiger partial charge in [-0.1, -0.05) is 12.1 Å². The quantitative estimate of drug-likeness (QED) is 0.634. The van der Waals surface area contributed by atoms with Gasteiger partial charge in [-0.15, -0.1) is 0 Å². The van der Waals surface area contributed by atoms with Gasteiger partial charge in [-0.25, -0.2) is 8.42 Å². The molecule has 0 aliphatic carbocycles. The van der Waals surface area contributed by atoms with Crippen molar-refractivity contribution in [3.63, 3.8) is 0 Å². The average Bonchev–Trinajstić information content (AvgIpc) is 3.41. The number of rotatable bonds is 5. The van der Waals surface area contributed by atoms with Gasteiger partial charge in [0.25, 0.3) is 5.91 Å². The maximum absolute atomic E-state index is 12.9. The molecule has 1 aromatic carbocycles. The number of carbonyl (C=O) groups excluding carboxylic acids is 1. The largest absolute Gasteiger partial charge is 0.497 e. The summed E-state index contributed by atoms with van der Waals surface area (Å²) in [5.41, 5.74) is 2.41. The molecular formula is C20H24N6O4S. The predicted octanol–water partition coefficient (Wildman–Crippen LogP) is 1.27. The molecule has 1 N–H and O–H groups in total. The molecule has 2 aromatic heterocycles. The fourth-order valence-electron chi connectivity index (χ4n) is 3.53. The number of methoxy groups -OCH3 is 1. The van der Waals surface area contributed by atoms with Gasteiger partial charge in [0.1, 0.15) is 16.3 Å². The van der Waals surface area contributed by atoms with Crippen LogP contribution in [0.5, 0.6) is 5.75 Å². The molecule has 10 nitrogen and oxygen atoms in total. The molecule has 4 rings (SSSR count). The highest BCUT2D eigenvalue weighted by Gasteiger charge is 2.33. The molecule has 1 fully saturated rings. The molecule has 11 heteroatoms. The highest BCUT2D eigenvalue weighted by molar-refractivity contribution is 7.89. The van der Waals surface area contributed by atoms with Crippen molar-refractivity contribution >= 4 is 15.9 Å². The van der Waals surface area contributed by atoms with Crippen molar-refractivity contribution in [3.05, 3.63) is 47.9 Å². The number of H-pyrrole nitrogens is 1. The highest BCUT2D eigenvalue weighted by Crippen LogP contribution is 2.24. The minimum atomic E-state index is -3.64. The fourth-order valence-corrected chi connectivity index (χ4v) is 5.14. The topological polar surface area (TPSA) is 113 Å². The summed E-state index contributed by atoms with van der Waals surface area (Å²) >= 11 is 0. The van der Waals surface area contributed by atoms with Crippen molar-refractivity contribution in [1.29, 1.82) is 0 Å². The number of aryl methyl sites for hydroxylation is 1. The van der Waals surface area contributed by atoms with E-state index in [4.69, 9.17) is 4.74 Å². The first-order chi connectivity index (χ1) is 14.8. The van der Waals surface area contributed by atoms with Gasteiger partial charge in [-0.3, -0.25) is 14.6 Å². The van der Waals surface area contributed by atoms with Crippen LogP contribution < -0.4 is 4.74 Å². The smallest absolute Gasteiger partial charge is 0.271 e. The van der Waals surface area contributed by atoms with E-state index in [-0.39, 0.29) is 23.9 Å². The second-order valence-corrected chi connectivity index (χ2v) is 9.22. The number of hydrogen-bond donors (Lipinski definition) is 1. The Labute approximate surface area is 180 Å². The molecule has 1 aliphatic rings. The number of nitrogens with zero attached hydrogens (tertiary/aromatic N) is 5. The fraction of sp³-hybridized carbons (Fsp3) is 0.350. The average molecular weight is 445 g/mol. The van der Waals surface area contributed by atoms with Crippen LogP contribution in [-0.4, -0.2) is 76.8 Å².